The molecule has 4 nitrogen and oxygen atoms in total. The van der Waals surface area contributed by atoms with Gasteiger partial charge in [-0.05, 0) is 28.4 Å². The van der Waals surface area contributed by atoms with Gasteiger partial charge in [0, 0.05) is 14.7 Å². The number of hydrogen-bond donors (Lipinski definition) is 2. The van der Waals surface area contributed by atoms with Crippen LogP contribution in [0.15, 0.2) is 15.9 Å². The highest BCUT2D eigenvalue weighted by molar-refractivity contribution is 9.10. The Bertz CT molecular complexity index is 431. The molecule has 2 atom stereocenters. The minimum atomic E-state index is -0.876. The lowest BCUT2D eigenvalue weighted by Gasteiger charge is -2.01. The molecule has 2 rings (SSSR count). The van der Waals surface area contributed by atoms with Crippen molar-refractivity contribution in [3.63, 3.8) is 0 Å². The molecule has 1 aromatic heterocycles. The number of carboxylic acids is 1. The molecular weight excluding hydrogens is 294 g/mol. The summed E-state index contributed by atoms with van der Waals surface area (Å²) in [4.78, 5) is 23.1. The van der Waals surface area contributed by atoms with Gasteiger partial charge < -0.3 is 10.4 Å². The molecule has 1 aliphatic carbocycles. The van der Waals surface area contributed by atoms with E-state index in [9.17, 15) is 9.59 Å². The number of carbonyl (C=O) groups excluding carboxylic acids is 1. The lowest BCUT2D eigenvalue weighted by atomic mass is 10.3. The summed E-state index contributed by atoms with van der Waals surface area (Å²) in [6.07, 6.45) is 0.468. The third-order valence-electron chi connectivity index (χ3n) is 2.50. The van der Waals surface area contributed by atoms with Gasteiger partial charge in [-0.1, -0.05) is 0 Å². The number of thiophene rings is 1. The van der Waals surface area contributed by atoms with Gasteiger partial charge in [0.1, 0.15) is 0 Å². The molecule has 0 saturated heterocycles. The topological polar surface area (TPSA) is 66.4 Å². The van der Waals surface area contributed by atoms with Crippen molar-refractivity contribution in [3.05, 3.63) is 20.8 Å². The Kier molecular flexibility index (Phi) is 3.30. The second-order valence-electron chi connectivity index (χ2n) is 3.74. The lowest BCUT2D eigenvalue weighted by molar-refractivity contribution is -0.140. The van der Waals surface area contributed by atoms with E-state index < -0.39 is 11.9 Å². The first kappa shape index (κ1) is 11.6. The Morgan fingerprint density at radius 1 is 1.56 bits per heavy atom. The summed E-state index contributed by atoms with van der Waals surface area (Å²) in [5, 5.41) is 13.4. The van der Waals surface area contributed by atoms with Gasteiger partial charge in [0.25, 0.3) is 0 Å². The summed E-state index contributed by atoms with van der Waals surface area (Å²) in [7, 11) is 0. The van der Waals surface area contributed by atoms with E-state index in [0.717, 1.165) is 9.35 Å². The molecule has 2 unspecified atom stereocenters. The zero-order valence-corrected chi connectivity index (χ0v) is 10.7. The number of hydrogen-bond acceptors (Lipinski definition) is 3. The van der Waals surface area contributed by atoms with Crippen LogP contribution >= 0.6 is 27.3 Å². The number of amides is 1. The lowest BCUT2D eigenvalue weighted by Crippen LogP contribution is -2.25. The standard InChI is InChI=1S/C10H10BrNO3S/c11-5-1-6(16-4-5)3-12-9(13)7-2-8(7)10(14)15/h1,4,7-8H,2-3H2,(H,12,13)(H,14,15). The maximum Gasteiger partial charge on any atom is 0.307 e. The molecule has 0 radical (unpaired) electrons. The third-order valence-corrected chi connectivity index (χ3v) is 4.20. The van der Waals surface area contributed by atoms with Crippen LogP contribution in [0.3, 0.4) is 0 Å². The molecule has 86 valence electrons. The summed E-state index contributed by atoms with van der Waals surface area (Å²) in [5.74, 6) is -1.84. The molecule has 6 heteroatoms. The third kappa shape index (κ3) is 2.62. The molecule has 1 fully saturated rings. The second kappa shape index (κ2) is 4.55. The molecule has 1 aliphatic rings. The van der Waals surface area contributed by atoms with Crippen LogP contribution in [0.4, 0.5) is 0 Å². The largest absolute Gasteiger partial charge is 0.481 e. The van der Waals surface area contributed by atoms with Crippen LogP contribution in [-0.4, -0.2) is 17.0 Å². The first-order valence-electron chi connectivity index (χ1n) is 4.81. The van der Waals surface area contributed by atoms with Gasteiger partial charge in [-0.2, -0.15) is 0 Å². The monoisotopic (exact) mass is 303 g/mol. The van der Waals surface area contributed by atoms with Gasteiger partial charge in [-0.3, -0.25) is 9.59 Å². The smallest absolute Gasteiger partial charge is 0.307 e. The molecule has 1 heterocycles. The molecular formula is C10H10BrNO3S. The predicted molar refractivity (Wildman–Crippen MR) is 63.1 cm³/mol. The van der Waals surface area contributed by atoms with Gasteiger partial charge in [0.15, 0.2) is 0 Å². The van der Waals surface area contributed by atoms with Crippen molar-refractivity contribution in [2.24, 2.45) is 11.8 Å². The quantitative estimate of drug-likeness (QED) is 0.892. The van der Waals surface area contributed by atoms with E-state index >= 15 is 0 Å². The molecule has 0 bridgehead atoms. The van der Waals surface area contributed by atoms with E-state index in [2.05, 4.69) is 21.2 Å². The SMILES string of the molecule is O=C(O)C1CC1C(=O)NCc1cc(Br)cs1. The summed E-state index contributed by atoms with van der Waals surface area (Å²) < 4.78 is 0.997. The van der Waals surface area contributed by atoms with Crippen LogP contribution in [0.25, 0.3) is 0 Å². The Morgan fingerprint density at radius 3 is 2.81 bits per heavy atom. The normalized spacial score (nSPS) is 22.8. The van der Waals surface area contributed by atoms with E-state index in [0.29, 0.717) is 13.0 Å². The fourth-order valence-corrected chi connectivity index (χ4v) is 2.90. The number of rotatable bonds is 4. The number of carbonyl (C=O) groups is 2. The fraction of sp³-hybridized carbons (Fsp3) is 0.400. The predicted octanol–water partition coefficient (Wildman–Crippen LogP) is 1.85. The Hall–Kier alpha value is -0.880. The molecule has 2 N–H and O–H groups in total. The maximum absolute atomic E-state index is 11.5. The van der Waals surface area contributed by atoms with Gasteiger partial charge in [-0.25, -0.2) is 0 Å². The van der Waals surface area contributed by atoms with Crippen molar-refractivity contribution < 1.29 is 14.7 Å². The number of nitrogens with one attached hydrogen (secondary N) is 1. The van der Waals surface area contributed by atoms with Crippen molar-refractivity contribution >= 4 is 39.1 Å². The number of aliphatic carboxylic acids is 1. The van der Waals surface area contributed by atoms with Gasteiger partial charge in [0.2, 0.25) is 5.91 Å². The highest BCUT2D eigenvalue weighted by Gasteiger charge is 2.48. The van der Waals surface area contributed by atoms with Gasteiger partial charge >= 0.3 is 5.97 Å². The first-order chi connectivity index (χ1) is 7.58. The second-order valence-corrected chi connectivity index (χ2v) is 5.65. The highest BCUT2D eigenvalue weighted by atomic mass is 79.9. The average Bonchev–Trinajstić information content (AvgIpc) is 2.93. The van der Waals surface area contributed by atoms with E-state index in [1.165, 1.54) is 0 Å². The van der Waals surface area contributed by atoms with Crippen molar-refractivity contribution in [1.29, 1.82) is 0 Å². The molecule has 1 saturated carbocycles. The minimum Gasteiger partial charge on any atom is -0.481 e. The fourth-order valence-electron chi connectivity index (χ4n) is 1.51. The molecule has 1 amide bonds. The molecule has 0 aromatic carbocycles. The van der Waals surface area contributed by atoms with E-state index in [1.807, 2.05) is 11.4 Å². The van der Waals surface area contributed by atoms with E-state index in [4.69, 9.17) is 5.11 Å². The van der Waals surface area contributed by atoms with Crippen LogP contribution in [-0.2, 0) is 16.1 Å². The molecule has 1 aromatic rings. The van der Waals surface area contributed by atoms with Gasteiger partial charge in [-0.15, -0.1) is 11.3 Å². The Balaban J connectivity index is 1.79. The van der Waals surface area contributed by atoms with Crippen LogP contribution in [0.5, 0.6) is 0 Å². The number of halogens is 1. The van der Waals surface area contributed by atoms with Crippen LogP contribution in [0.2, 0.25) is 0 Å². The molecule has 16 heavy (non-hydrogen) atoms. The van der Waals surface area contributed by atoms with Crippen molar-refractivity contribution in [2.75, 3.05) is 0 Å². The van der Waals surface area contributed by atoms with E-state index in [-0.39, 0.29) is 11.8 Å². The highest BCUT2D eigenvalue weighted by Crippen LogP contribution is 2.38. The minimum absolute atomic E-state index is 0.156. The molecule has 0 aliphatic heterocycles. The number of carboxylic acid groups (broad SMARTS) is 1. The van der Waals surface area contributed by atoms with Crippen molar-refractivity contribution in [3.8, 4) is 0 Å². The average molecular weight is 304 g/mol. The van der Waals surface area contributed by atoms with Crippen LogP contribution < -0.4 is 5.32 Å². The van der Waals surface area contributed by atoms with Crippen molar-refractivity contribution in [1.82, 2.24) is 5.32 Å². The summed E-state index contributed by atoms with van der Waals surface area (Å²) in [6.45, 7) is 0.470. The Labute approximate surface area is 105 Å². The first-order valence-corrected chi connectivity index (χ1v) is 6.48. The zero-order valence-electron chi connectivity index (χ0n) is 8.27. The summed E-state index contributed by atoms with van der Waals surface area (Å²) in [5.41, 5.74) is 0. The summed E-state index contributed by atoms with van der Waals surface area (Å²) in [6, 6.07) is 1.94. The van der Waals surface area contributed by atoms with Crippen molar-refractivity contribution in [2.45, 2.75) is 13.0 Å². The van der Waals surface area contributed by atoms with Crippen LogP contribution in [0, 0.1) is 11.8 Å². The van der Waals surface area contributed by atoms with Gasteiger partial charge in [0.05, 0.1) is 18.4 Å². The molecule has 0 spiro atoms. The Morgan fingerprint density at radius 2 is 2.31 bits per heavy atom. The van der Waals surface area contributed by atoms with E-state index in [1.54, 1.807) is 11.3 Å². The maximum atomic E-state index is 11.5. The summed E-state index contributed by atoms with van der Waals surface area (Å²) >= 11 is 4.88. The van der Waals surface area contributed by atoms with Crippen LogP contribution in [0.1, 0.15) is 11.3 Å². The zero-order chi connectivity index (χ0) is 11.7.